The number of aryl methyl sites for hydroxylation is 1. The molecule has 4 rings (SSSR count). The first kappa shape index (κ1) is 20.2. The third-order valence-corrected chi connectivity index (χ3v) is 4.54. The number of halogens is 1. The highest BCUT2D eigenvalue weighted by Crippen LogP contribution is 2.16. The number of tetrazole rings is 1. The average Bonchev–Trinajstić information content (AvgIpc) is 3.43. The van der Waals surface area contributed by atoms with Crippen LogP contribution >= 0.6 is 0 Å². The van der Waals surface area contributed by atoms with E-state index in [4.69, 9.17) is 4.74 Å². The lowest BCUT2D eigenvalue weighted by Crippen LogP contribution is -2.11. The quantitative estimate of drug-likeness (QED) is 0.470. The number of carbonyl (C=O) groups is 1. The van der Waals surface area contributed by atoms with E-state index in [0.29, 0.717) is 35.9 Å². The molecule has 0 aliphatic heterocycles. The van der Waals surface area contributed by atoms with Gasteiger partial charge in [0.05, 0.1) is 18.4 Å². The van der Waals surface area contributed by atoms with E-state index in [2.05, 4.69) is 25.9 Å². The number of nitrogens with one attached hydrogen (secondary N) is 1. The number of rotatable bonds is 8. The van der Waals surface area contributed by atoms with Crippen LogP contribution in [0.15, 0.2) is 60.9 Å². The van der Waals surface area contributed by atoms with Gasteiger partial charge in [0.2, 0.25) is 0 Å². The summed E-state index contributed by atoms with van der Waals surface area (Å²) in [6, 6.07) is 13.0. The van der Waals surface area contributed by atoms with Crippen LogP contribution in [0.3, 0.4) is 0 Å². The van der Waals surface area contributed by atoms with Crippen molar-refractivity contribution < 1.29 is 13.9 Å². The zero-order valence-electron chi connectivity index (χ0n) is 16.8. The van der Waals surface area contributed by atoms with Gasteiger partial charge in [-0.05, 0) is 59.3 Å². The zero-order valence-corrected chi connectivity index (χ0v) is 16.8. The van der Waals surface area contributed by atoms with Gasteiger partial charge >= 0.3 is 0 Å². The van der Waals surface area contributed by atoms with Crippen LogP contribution in [0.5, 0.6) is 5.75 Å². The molecule has 0 spiro atoms. The number of hydrogen-bond acceptors (Lipinski definition) is 6. The van der Waals surface area contributed by atoms with Crippen molar-refractivity contribution in [2.75, 3.05) is 5.32 Å². The van der Waals surface area contributed by atoms with Crippen LogP contribution in [0.1, 0.15) is 28.7 Å². The van der Waals surface area contributed by atoms with E-state index in [1.165, 1.54) is 12.1 Å². The van der Waals surface area contributed by atoms with Crippen molar-refractivity contribution in [3.63, 3.8) is 0 Å². The second kappa shape index (κ2) is 9.16. The first-order valence-corrected chi connectivity index (χ1v) is 9.67. The van der Waals surface area contributed by atoms with Crippen molar-refractivity contribution in [1.82, 2.24) is 30.0 Å². The molecule has 0 radical (unpaired) electrons. The van der Waals surface area contributed by atoms with Crippen molar-refractivity contribution in [1.29, 1.82) is 0 Å². The summed E-state index contributed by atoms with van der Waals surface area (Å²) in [5.41, 5.74) is 1.96. The van der Waals surface area contributed by atoms with Crippen LogP contribution in [0.25, 0.3) is 0 Å². The molecular formula is C21H20FN7O2. The minimum Gasteiger partial charge on any atom is -0.486 e. The summed E-state index contributed by atoms with van der Waals surface area (Å²) in [5.74, 6) is 0.689. The van der Waals surface area contributed by atoms with Crippen LogP contribution in [0.4, 0.5) is 10.1 Å². The van der Waals surface area contributed by atoms with Gasteiger partial charge in [-0.2, -0.15) is 5.10 Å². The van der Waals surface area contributed by atoms with Crippen LogP contribution in [0, 0.1) is 5.82 Å². The first-order valence-electron chi connectivity index (χ1n) is 9.67. The number of aromatic nitrogens is 6. The molecule has 9 nitrogen and oxygen atoms in total. The monoisotopic (exact) mass is 421 g/mol. The number of nitrogens with zero attached hydrogens (tertiary/aromatic N) is 6. The molecule has 0 bridgehead atoms. The standard InChI is InChI=1S/C21H20FN7O2/c1-2-29-20(25-26-27-29)14-31-19-9-5-16(6-10-19)21(30)24-18-11-23-28(13-18)12-15-3-7-17(22)8-4-15/h3-11,13H,2,12,14H2,1H3,(H,24,30). The predicted molar refractivity (Wildman–Crippen MR) is 110 cm³/mol. The van der Waals surface area contributed by atoms with E-state index in [-0.39, 0.29) is 18.3 Å². The fourth-order valence-corrected chi connectivity index (χ4v) is 2.92. The van der Waals surface area contributed by atoms with Crippen molar-refractivity contribution >= 4 is 11.6 Å². The van der Waals surface area contributed by atoms with E-state index < -0.39 is 0 Å². The number of benzene rings is 2. The molecule has 0 saturated carbocycles. The molecule has 2 aromatic carbocycles. The Labute approximate surface area is 177 Å². The highest BCUT2D eigenvalue weighted by molar-refractivity contribution is 6.04. The smallest absolute Gasteiger partial charge is 0.255 e. The maximum absolute atomic E-state index is 13.0. The largest absolute Gasteiger partial charge is 0.486 e. The van der Waals surface area contributed by atoms with Crippen LogP contribution in [-0.2, 0) is 19.7 Å². The fraction of sp³-hybridized carbons (Fsp3) is 0.190. The molecule has 158 valence electrons. The van der Waals surface area contributed by atoms with E-state index >= 15 is 0 Å². The lowest BCUT2D eigenvalue weighted by Gasteiger charge is -2.07. The molecule has 0 aliphatic rings. The lowest BCUT2D eigenvalue weighted by atomic mass is 10.2. The van der Waals surface area contributed by atoms with Gasteiger partial charge in [0.25, 0.3) is 5.91 Å². The van der Waals surface area contributed by atoms with Gasteiger partial charge in [-0.1, -0.05) is 12.1 Å². The van der Waals surface area contributed by atoms with Crippen molar-refractivity contribution in [3.8, 4) is 5.75 Å². The molecular weight excluding hydrogens is 401 g/mol. The molecule has 1 amide bonds. The molecule has 31 heavy (non-hydrogen) atoms. The van der Waals surface area contributed by atoms with Gasteiger partial charge in [0.1, 0.15) is 18.2 Å². The summed E-state index contributed by atoms with van der Waals surface area (Å²) >= 11 is 0. The lowest BCUT2D eigenvalue weighted by molar-refractivity contribution is 0.102. The fourth-order valence-electron chi connectivity index (χ4n) is 2.92. The van der Waals surface area contributed by atoms with Gasteiger partial charge in [0.15, 0.2) is 5.82 Å². The second-order valence-electron chi connectivity index (χ2n) is 6.73. The predicted octanol–water partition coefficient (Wildman–Crippen LogP) is 2.91. The topological polar surface area (TPSA) is 99.8 Å². The second-order valence-corrected chi connectivity index (χ2v) is 6.73. The summed E-state index contributed by atoms with van der Waals surface area (Å²) in [6.07, 6.45) is 3.29. The molecule has 1 N–H and O–H groups in total. The van der Waals surface area contributed by atoms with E-state index in [0.717, 1.165) is 5.56 Å². The molecule has 0 fully saturated rings. The Morgan fingerprint density at radius 3 is 2.65 bits per heavy atom. The van der Waals surface area contributed by atoms with E-state index in [1.54, 1.807) is 58.2 Å². The van der Waals surface area contributed by atoms with Gasteiger partial charge in [0, 0.05) is 18.3 Å². The first-order chi connectivity index (χ1) is 15.1. The van der Waals surface area contributed by atoms with Gasteiger partial charge in [-0.15, -0.1) is 5.10 Å². The average molecular weight is 421 g/mol. The highest BCUT2D eigenvalue weighted by Gasteiger charge is 2.09. The minimum atomic E-state index is -0.283. The summed E-state index contributed by atoms with van der Waals surface area (Å²) in [5, 5.41) is 18.4. The van der Waals surface area contributed by atoms with Crippen LogP contribution in [-0.4, -0.2) is 35.9 Å². The Balaban J connectivity index is 1.32. The van der Waals surface area contributed by atoms with Gasteiger partial charge < -0.3 is 10.1 Å². The number of carbonyl (C=O) groups excluding carboxylic acids is 1. The molecule has 0 unspecified atom stereocenters. The Bertz CT molecular complexity index is 1150. The molecule has 0 saturated heterocycles. The molecule has 2 heterocycles. The third kappa shape index (κ3) is 5.10. The summed E-state index contributed by atoms with van der Waals surface area (Å²) in [7, 11) is 0. The number of hydrogen-bond donors (Lipinski definition) is 1. The van der Waals surface area contributed by atoms with Crippen molar-refractivity contribution in [2.45, 2.75) is 26.6 Å². The SMILES string of the molecule is CCn1nnnc1COc1ccc(C(=O)Nc2cnn(Cc3ccc(F)cc3)c2)cc1. The molecule has 0 atom stereocenters. The minimum absolute atomic E-state index is 0.236. The summed E-state index contributed by atoms with van der Waals surface area (Å²) < 4.78 is 22.0. The Kier molecular flexibility index (Phi) is 5.97. The maximum Gasteiger partial charge on any atom is 0.255 e. The van der Waals surface area contributed by atoms with Gasteiger partial charge in [-0.3, -0.25) is 9.48 Å². The zero-order chi connectivity index (χ0) is 21.6. The third-order valence-electron chi connectivity index (χ3n) is 4.54. The van der Waals surface area contributed by atoms with Gasteiger partial charge in [-0.25, -0.2) is 9.07 Å². The van der Waals surface area contributed by atoms with Crippen molar-refractivity contribution in [2.24, 2.45) is 0 Å². The number of ether oxygens (including phenoxy) is 1. The molecule has 10 heteroatoms. The molecule has 4 aromatic rings. The van der Waals surface area contributed by atoms with E-state index in [1.807, 2.05) is 6.92 Å². The number of anilines is 1. The molecule has 0 aliphatic carbocycles. The van der Waals surface area contributed by atoms with E-state index in [9.17, 15) is 9.18 Å². The Hall–Kier alpha value is -4.08. The maximum atomic E-state index is 13.0. The highest BCUT2D eigenvalue weighted by atomic mass is 19.1. The van der Waals surface area contributed by atoms with Crippen molar-refractivity contribution in [3.05, 3.63) is 83.7 Å². The normalized spacial score (nSPS) is 10.8. The Morgan fingerprint density at radius 1 is 1.13 bits per heavy atom. The van der Waals surface area contributed by atoms with Crippen LogP contribution < -0.4 is 10.1 Å². The molecule has 2 aromatic heterocycles. The Morgan fingerprint density at radius 2 is 1.90 bits per heavy atom. The summed E-state index contributed by atoms with van der Waals surface area (Å²) in [4.78, 5) is 12.5. The summed E-state index contributed by atoms with van der Waals surface area (Å²) in [6.45, 7) is 3.31. The van der Waals surface area contributed by atoms with Crippen LogP contribution in [0.2, 0.25) is 0 Å². The number of amides is 1.